The van der Waals surface area contributed by atoms with Gasteiger partial charge in [-0.05, 0) is 29.8 Å². The van der Waals surface area contributed by atoms with Crippen LogP contribution in [0.25, 0.3) is 11.0 Å². The van der Waals surface area contributed by atoms with E-state index in [1.54, 1.807) is 37.5 Å². The predicted octanol–water partition coefficient (Wildman–Crippen LogP) is 3.59. The van der Waals surface area contributed by atoms with Gasteiger partial charge in [0.2, 0.25) is 0 Å². The summed E-state index contributed by atoms with van der Waals surface area (Å²) in [7, 11) is 3.12. The lowest BCUT2D eigenvalue weighted by atomic mass is 10.2. The Morgan fingerprint density at radius 3 is 2.77 bits per heavy atom. The van der Waals surface area contributed by atoms with E-state index in [0.29, 0.717) is 16.5 Å². The van der Waals surface area contributed by atoms with Crippen LogP contribution in [0.5, 0.6) is 11.5 Å². The van der Waals surface area contributed by atoms with Crippen LogP contribution in [-0.4, -0.2) is 30.1 Å². The van der Waals surface area contributed by atoms with Crippen molar-refractivity contribution < 1.29 is 9.47 Å². The molecule has 0 aliphatic carbocycles. The molecule has 0 N–H and O–H groups in total. The van der Waals surface area contributed by atoms with Gasteiger partial charge in [-0.2, -0.15) is 5.10 Å². The molecule has 0 amide bonds. The van der Waals surface area contributed by atoms with Crippen LogP contribution >= 0.6 is 11.6 Å². The molecule has 3 aromatic rings. The number of fused-ring (bicyclic) bond motifs is 1. The third-order valence-electron chi connectivity index (χ3n) is 3.22. The molecule has 0 bridgehead atoms. The highest BCUT2D eigenvalue weighted by atomic mass is 35.5. The van der Waals surface area contributed by atoms with Crippen molar-refractivity contribution in [1.29, 1.82) is 0 Å². The van der Waals surface area contributed by atoms with Gasteiger partial charge in [0.05, 0.1) is 36.5 Å². The third kappa shape index (κ3) is 2.63. The van der Waals surface area contributed by atoms with E-state index < -0.39 is 0 Å². The highest BCUT2D eigenvalue weighted by Gasteiger charge is 2.10. The summed E-state index contributed by atoms with van der Waals surface area (Å²) in [6, 6.07) is 11.4. The molecule has 0 saturated carbocycles. The lowest BCUT2D eigenvalue weighted by Gasteiger charge is -2.09. The fourth-order valence-corrected chi connectivity index (χ4v) is 2.48. The van der Waals surface area contributed by atoms with Crippen LogP contribution in [0.3, 0.4) is 0 Å². The van der Waals surface area contributed by atoms with Crippen molar-refractivity contribution in [2.75, 3.05) is 14.2 Å². The minimum atomic E-state index is 0.471. The molecule has 2 aromatic carbocycles. The van der Waals surface area contributed by atoms with Crippen LogP contribution in [0.1, 0.15) is 5.56 Å². The van der Waals surface area contributed by atoms with Crippen molar-refractivity contribution in [2.45, 2.75) is 0 Å². The van der Waals surface area contributed by atoms with Gasteiger partial charge in [-0.15, -0.1) is 0 Å². The maximum Gasteiger partial charge on any atom is 0.179 e. The Morgan fingerprint density at radius 1 is 1.18 bits per heavy atom. The van der Waals surface area contributed by atoms with Gasteiger partial charge in [-0.25, -0.2) is 9.66 Å². The second-order valence-electron chi connectivity index (χ2n) is 4.56. The van der Waals surface area contributed by atoms with Crippen LogP contribution in [0, 0.1) is 0 Å². The molecule has 5 nitrogen and oxygen atoms in total. The standard InChI is InChI=1S/C16H14ClN3O2/c1-21-15-8-11(7-12(17)16(15)22-2)9-19-20-10-18-13-5-3-4-6-14(13)20/h3-10H,1-2H3/b19-9-. The number of hydrogen-bond acceptors (Lipinski definition) is 4. The molecule has 0 aliphatic heterocycles. The zero-order valence-corrected chi connectivity index (χ0v) is 12.9. The minimum Gasteiger partial charge on any atom is -0.493 e. The summed E-state index contributed by atoms with van der Waals surface area (Å²) in [6.45, 7) is 0. The zero-order valence-electron chi connectivity index (χ0n) is 12.2. The van der Waals surface area contributed by atoms with Crippen molar-refractivity contribution in [3.05, 3.63) is 53.3 Å². The number of ether oxygens (including phenoxy) is 2. The number of imidazole rings is 1. The van der Waals surface area contributed by atoms with Crippen molar-refractivity contribution >= 4 is 28.8 Å². The summed E-state index contributed by atoms with van der Waals surface area (Å²) in [5.41, 5.74) is 2.63. The zero-order chi connectivity index (χ0) is 15.5. The highest BCUT2D eigenvalue weighted by Crippen LogP contribution is 2.35. The maximum atomic E-state index is 6.18. The molecule has 6 heteroatoms. The molecule has 0 saturated heterocycles. The number of para-hydroxylation sites is 2. The molecule has 3 rings (SSSR count). The number of aromatic nitrogens is 2. The molecule has 22 heavy (non-hydrogen) atoms. The monoisotopic (exact) mass is 315 g/mol. The van der Waals surface area contributed by atoms with E-state index in [1.165, 1.54) is 0 Å². The number of hydrogen-bond donors (Lipinski definition) is 0. The highest BCUT2D eigenvalue weighted by molar-refractivity contribution is 6.32. The van der Waals surface area contributed by atoms with Crippen LogP contribution in [0.2, 0.25) is 5.02 Å². The quantitative estimate of drug-likeness (QED) is 0.691. The van der Waals surface area contributed by atoms with Gasteiger partial charge in [0, 0.05) is 0 Å². The van der Waals surface area contributed by atoms with Crippen molar-refractivity contribution in [1.82, 2.24) is 9.66 Å². The minimum absolute atomic E-state index is 0.471. The van der Waals surface area contributed by atoms with Crippen LogP contribution in [0.4, 0.5) is 0 Å². The Hall–Kier alpha value is -2.53. The molecule has 0 fully saturated rings. The van der Waals surface area contributed by atoms with Crippen LogP contribution in [0.15, 0.2) is 47.8 Å². The number of nitrogens with zero attached hydrogens (tertiary/aromatic N) is 3. The van der Waals surface area contributed by atoms with Gasteiger partial charge in [0.25, 0.3) is 0 Å². The van der Waals surface area contributed by atoms with Gasteiger partial charge in [-0.1, -0.05) is 23.7 Å². The second kappa shape index (κ2) is 6.07. The van der Waals surface area contributed by atoms with E-state index in [2.05, 4.69) is 10.1 Å². The van der Waals surface area contributed by atoms with Gasteiger partial charge >= 0.3 is 0 Å². The largest absolute Gasteiger partial charge is 0.493 e. The molecule has 0 atom stereocenters. The van der Waals surface area contributed by atoms with E-state index in [1.807, 2.05) is 30.3 Å². The summed E-state index contributed by atoms with van der Waals surface area (Å²) in [4.78, 5) is 4.29. The first-order valence-corrected chi connectivity index (χ1v) is 6.98. The lowest BCUT2D eigenvalue weighted by Crippen LogP contribution is -1.94. The van der Waals surface area contributed by atoms with E-state index in [0.717, 1.165) is 16.6 Å². The molecular weight excluding hydrogens is 302 g/mol. The molecule has 0 spiro atoms. The number of halogens is 1. The first-order valence-electron chi connectivity index (χ1n) is 6.61. The molecule has 0 aliphatic rings. The van der Waals surface area contributed by atoms with Gasteiger partial charge in [-0.3, -0.25) is 0 Å². The number of rotatable bonds is 4. The summed E-state index contributed by atoms with van der Waals surface area (Å²) in [5.74, 6) is 1.07. The summed E-state index contributed by atoms with van der Waals surface area (Å²) in [5, 5.41) is 4.88. The topological polar surface area (TPSA) is 48.6 Å². The Bertz CT molecular complexity index is 843. The maximum absolute atomic E-state index is 6.18. The first-order chi connectivity index (χ1) is 10.7. The molecule has 0 unspecified atom stereocenters. The van der Waals surface area contributed by atoms with Crippen LogP contribution in [-0.2, 0) is 0 Å². The van der Waals surface area contributed by atoms with Crippen molar-refractivity contribution in [3.63, 3.8) is 0 Å². The van der Waals surface area contributed by atoms with E-state index >= 15 is 0 Å². The van der Waals surface area contributed by atoms with E-state index in [9.17, 15) is 0 Å². The summed E-state index contributed by atoms with van der Waals surface area (Å²) >= 11 is 6.18. The SMILES string of the molecule is COc1cc(/C=N\n2cnc3ccccc32)cc(Cl)c1OC. The van der Waals surface area contributed by atoms with Gasteiger partial charge in [0.15, 0.2) is 11.5 Å². The van der Waals surface area contributed by atoms with E-state index in [-0.39, 0.29) is 0 Å². The molecular formula is C16H14ClN3O2. The molecule has 1 aromatic heterocycles. The average molecular weight is 316 g/mol. The first kappa shape index (κ1) is 14.4. The molecule has 1 heterocycles. The average Bonchev–Trinajstić information content (AvgIpc) is 2.95. The summed E-state index contributed by atoms with van der Waals surface area (Å²) in [6.07, 6.45) is 3.37. The molecule has 112 valence electrons. The van der Waals surface area contributed by atoms with E-state index in [4.69, 9.17) is 21.1 Å². The van der Waals surface area contributed by atoms with Gasteiger partial charge in [0.1, 0.15) is 6.33 Å². The fraction of sp³-hybridized carbons (Fsp3) is 0.125. The Labute approximate surface area is 132 Å². The van der Waals surface area contributed by atoms with Gasteiger partial charge < -0.3 is 9.47 Å². The third-order valence-corrected chi connectivity index (χ3v) is 3.50. The number of methoxy groups -OCH3 is 2. The van der Waals surface area contributed by atoms with Crippen LogP contribution < -0.4 is 9.47 Å². The Kier molecular flexibility index (Phi) is 3.98. The molecule has 0 radical (unpaired) electrons. The Morgan fingerprint density at radius 2 is 2.00 bits per heavy atom. The number of benzene rings is 2. The van der Waals surface area contributed by atoms with Crippen molar-refractivity contribution in [3.8, 4) is 11.5 Å². The Balaban J connectivity index is 1.97. The lowest BCUT2D eigenvalue weighted by molar-refractivity contribution is 0.355. The normalized spacial score (nSPS) is 11.2. The van der Waals surface area contributed by atoms with Crippen molar-refractivity contribution in [2.24, 2.45) is 5.10 Å². The fourth-order valence-electron chi connectivity index (χ4n) is 2.18. The summed E-state index contributed by atoms with van der Waals surface area (Å²) < 4.78 is 12.2. The smallest absolute Gasteiger partial charge is 0.179 e. The predicted molar refractivity (Wildman–Crippen MR) is 87.3 cm³/mol. The second-order valence-corrected chi connectivity index (χ2v) is 4.97.